The monoisotopic (exact) mass is 424 g/mol. The number of carbonyl (C=O) groups excluding carboxylic acids is 1. The molecule has 1 aromatic carbocycles. The number of methoxy groups -OCH3 is 1. The quantitative estimate of drug-likeness (QED) is 0.701. The fourth-order valence-electron chi connectivity index (χ4n) is 4.43. The van der Waals surface area contributed by atoms with Crippen LogP contribution in [0.1, 0.15) is 49.7 Å². The number of ether oxygens (including phenoxy) is 1. The largest absolute Gasteiger partial charge is 0.416 e. The molecular weight excluding hydrogens is 393 g/mol. The highest BCUT2D eigenvalue weighted by Crippen LogP contribution is 2.32. The van der Waals surface area contributed by atoms with Crippen molar-refractivity contribution in [2.75, 3.05) is 33.4 Å². The molecule has 1 aliphatic heterocycles. The third kappa shape index (κ3) is 6.57. The number of halogens is 3. The molecule has 0 saturated heterocycles. The first-order valence-corrected chi connectivity index (χ1v) is 10.7. The Hall–Kier alpha value is -1.86. The number of nitrogens with zero attached hydrogens (tertiary/aromatic N) is 1. The van der Waals surface area contributed by atoms with Gasteiger partial charge >= 0.3 is 6.18 Å². The Kier molecular flexibility index (Phi) is 7.94. The van der Waals surface area contributed by atoms with E-state index in [0.29, 0.717) is 11.5 Å². The van der Waals surface area contributed by atoms with E-state index in [-0.39, 0.29) is 18.6 Å². The molecule has 1 heterocycles. The highest BCUT2D eigenvalue weighted by molar-refractivity contribution is 5.77. The summed E-state index contributed by atoms with van der Waals surface area (Å²) in [6.07, 6.45) is 3.95. The van der Waals surface area contributed by atoms with Gasteiger partial charge < -0.3 is 10.1 Å². The van der Waals surface area contributed by atoms with Crippen molar-refractivity contribution in [3.63, 3.8) is 0 Å². The van der Waals surface area contributed by atoms with Gasteiger partial charge in [0.15, 0.2) is 0 Å². The number of alkyl halides is 3. The molecule has 0 aromatic heterocycles. The van der Waals surface area contributed by atoms with Crippen LogP contribution in [0.2, 0.25) is 0 Å². The Morgan fingerprint density at radius 1 is 1.23 bits per heavy atom. The predicted molar refractivity (Wildman–Crippen MR) is 111 cm³/mol. The van der Waals surface area contributed by atoms with Crippen LogP contribution in [-0.4, -0.2) is 50.2 Å². The van der Waals surface area contributed by atoms with Gasteiger partial charge in [0.1, 0.15) is 6.61 Å². The van der Waals surface area contributed by atoms with Crippen molar-refractivity contribution in [3.05, 3.63) is 41.5 Å². The van der Waals surface area contributed by atoms with Crippen LogP contribution in [-0.2, 0) is 15.7 Å². The summed E-state index contributed by atoms with van der Waals surface area (Å²) in [6.45, 7) is 2.79. The van der Waals surface area contributed by atoms with E-state index < -0.39 is 11.7 Å². The summed E-state index contributed by atoms with van der Waals surface area (Å²) in [5.41, 5.74) is 1.10. The van der Waals surface area contributed by atoms with E-state index in [1.165, 1.54) is 19.2 Å². The summed E-state index contributed by atoms with van der Waals surface area (Å²) >= 11 is 0. The summed E-state index contributed by atoms with van der Waals surface area (Å²) in [4.78, 5) is 14.0. The van der Waals surface area contributed by atoms with Crippen molar-refractivity contribution in [1.82, 2.24) is 10.2 Å². The lowest BCUT2D eigenvalue weighted by molar-refractivity contribution is -0.137. The molecule has 30 heavy (non-hydrogen) atoms. The van der Waals surface area contributed by atoms with Crippen LogP contribution < -0.4 is 5.32 Å². The molecule has 0 spiro atoms. The van der Waals surface area contributed by atoms with Gasteiger partial charge in [-0.05, 0) is 74.3 Å². The molecule has 1 saturated carbocycles. The van der Waals surface area contributed by atoms with Crippen LogP contribution in [0.5, 0.6) is 0 Å². The molecule has 1 amide bonds. The zero-order chi connectivity index (χ0) is 21.6. The van der Waals surface area contributed by atoms with Crippen LogP contribution >= 0.6 is 0 Å². The van der Waals surface area contributed by atoms with Gasteiger partial charge in [-0.3, -0.25) is 9.69 Å². The average molecular weight is 425 g/mol. The molecule has 0 bridgehead atoms. The summed E-state index contributed by atoms with van der Waals surface area (Å²) in [7, 11) is 1.52. The molecular formula is C23H31F3N2O2. The smallest absolute Gasteiger partial charge is 0.375 e. The molecule has 4 nitrogen and oxygen atoms in total. The fraction of sp³-hybridized carbons (Fsp3) is 0.609. The first kappa shape index (κ1) is 22.8. The Morgan fingerprint density at radius 2 is 2.00 bits per heavy atom. The van der Waals surface area contributed by atoms with Crippen LogP contribution in [0.25, 0.3) is 5.57 Å². The second-order valence-corrected chi connectivity index (χ2v) is 8.37. The maximum absolute atomic E-state index is 12.9. The minimum Gasteiger partial charge on any atom is -0.375 e. The molecule has 7 heteroatoms. The zero-order valence-corrected chi connectivity index (χ0v) is 17.5. The fourth-order valence-corrected chi connectivity index (χ4v) is 4.43. The lowest BCUT2D eigenvalue weighted by atomic mass is 9.84. The van der Waals surface area contributed by atoms with Crippen LogP contribution in [0.15, 0.2) is 30.3 Å². The lowest BCUT2D eigenvalue weighted by Gasteiger charge is -2.32. The van der Waals surface area contributed by atoms with E-state index in [1.807, 2.05) is 0 Å². The van der Waals surface area contributed by atoms with Gasteiger partial charge in [-0.15, -0.1) is 0 Å². The first-order chi connectivity index (χ1) is 14.3. The molecule has 2 aliphatic rings. The standard InChI is InChI=1S/C23H31F3N2O2/c1-30-16-22(29)27-21-7-5-17(6-8-21)9-12-28-13-10-18(11-14-28)19-3-2-4-20(15-19)23(24,25)26/h2-4,10,15,17,21H,5-9,11-14,16H2,1H3,(H,27,29)/t17-,21-. The van der Waals surface area contributed by atoms with Gasteiger partial charge in [0.05, 0.1) is 5.56 Å². The zero-order valence-electron chi connectivity index (χ0n) is 17.5. The highest BCUT2D eigenvalue weighted by atomic mass is 19.4. The van der Waals surface area contributed by atoms with E-state index in [2.05, 4.69) is 16.3 Å². The average Bonchev–Trinajstić information content (AvgIpc) is 2.73. The molecule has 1 N–H and O–H groups in total. The van der Waals surface area contributed by atoms with Crippen LogP contribution in [0.3, 0.4) is 0 Å². The summed E-state index contributed by atoms with van der Waals surface area (Å²) < 4.78 is 43.7. The first-order valence-electron chi connectivity index (χ1n) is 10.7. The molecule has 1 aliphatic carbocycles. The number of amides is 1. The molecule has 1 fully saturated rings. The molecule has 0 atom stereocenters. The maximum Gasteiger partial charge on any atom is 0.416 e. The highest BCUT2D eigenvalue weighted by Gasteiger charge is 2.30. The SMILES string of the molecule is COCC(=O)N[C@H]1CC[C@H](CCN2CC=C(c3cccc(C(F)(F)F)c3)CC2)CC1. The van der Waals surface area contributed by atoms with Crippen molar-refractivity contribution in [3.8, 4) is 0 Å². The van der Waals surface area contributed by atoms with Gasteiger partial charge in [-0.1, -0.05) is 18.2 Å². The van der Waals surface area contributed by atoms with Crippen molar-refractivity contribution >= 4 is 11.5 Å². The van der Waals surface area contributed by atoms with Crippen LogP contribution in [0, 0.1) is 5.92 Å². The number of rotatable bonds is 7. The van der Waals surface area contributed by atoms with E-state index in [4.69, 9.17) is 4.74 Å². The minimum absolute atomic E-state index is 0.0439. The third-order valence-electron chi connectivity index (χ3n) is 6.19. The number of benzene rings is 1. The molecule has 0 unspecified atom stereocenters. The molecule has 1 aromatic rings. The van der Waals surface area contributed by atoms with E-state index >= 15 is 0 Å². The Morgan fingerprint density at radius 3 is 2.63 bits per heavy atom. The van der Waals surface area contributed by atoms with Crippen molar-refractivity contribution < 1.29 is 22.7 Å². The molecule has 166 valence electrons. The second-order valence-electron chi connectivity index (χ2n) is 8.37. The predicted octanol–water partition coefficient (Wildman–Crippen LogP) is 4.51. The maximum atomic E-state index is 12.9. The normalized spacial score (nSPS) is 23.1. The number of carbonyl (C=O) groups is 1. The van der Waals surface area contributed by atoms with Crippen molar-refractivity contribution in [2.45, 2.75) is 50.7 Å². The van der Waals surface area contributed by atoms with Gasteiger partial charge in [0.25, 0.3) is 0 Å². The second kappa shape index (κ2) is 10.4. The van der Waals surface area contributed by atoms with Crippen molar-refractivity contribution in [1.29, 1.82) is 0 Å². The van der Waals surface area contributed by atoms with Gasteiger partial charge in [-0.25, -0.2) is 0 Å². The summed E-state index contributed by atoms with van der Waals surface area (Å²) in [6, 6.07) is 5.89. The third-order valence-corrected chi connectivity index (χ3v) is 6.19. The van der Waals surface area contributed by atoms with E-state index in [1.54, 1.807) is 6.07 Å². The molecule has 3 rings (SSSR count). The van der Waals surface area contributed by atoms with Gasteiger partial charge in [0, 0.05) is 26.2 Å². The number of nitrogens with one attached hydrogen (secondary N) is 1. The van der Waals surface area contributed by atoms with Gasteiger partial charge in [0.2, 0.25) is 5.91 Å². The van der Waals surface area contributed by atoms with Crippen LogP contribution in [0.4, 0.5) is 13.2 Å². The Labute approximate surface area is 176 Å². The van der Waals surface area contributed by atoms with E-state index in [0.717, 1.165) is 69.8 Å². The lowest BCUT2D eigenvalue weighted by Crippen LogP contribution is -2.39. The summed E-state index contributed by atoms with van der Waals surface area (Å²) in [5, 5.41) is 3.03. The number of hydrogen-bond donors (Lipinski definition) is 1. The number of hydrogen-bond acceptors (Lipinski definition) is 3. The van der Waals surface area contributed by atoms with Crippen molar-refractivity contribution in [2.24, 2.45) is 5.92 Å². The van der Waals surface area contributed by atoms with E-state index in [9.17, 15) is 18.0 Å². The minimum atomic E-state index is -4.30. The topological polar surface area (TPSA) is 41.6 Å². The van der Waals surface area contributed by atoms with Gasteiger partial charge in [-0.2, -0.15) is 13.2 Å². The summed E-state index contributed by atoms with van der Waals surface area (Å²) in [5.74, 6) is 0.632. The Bertz CT molecular complexity index is 740. The Balaban J connectivity index is 1.41. The molecule has 0 radical (unpaired) electrons.